The van der Waals surface area contributed by atoms with Crippen LogP contribution in [-0.2, 0) is 16.0 Å². The van der Waals surface area contributed by atoms with Crippen LogP contribution in [0.1, 0.15) is 15.9 Å². The number of hydrogen-bond donors (Lipinski definition) is 1. The first-order chi connectivity index (χ1) is 12.5. The number of nitrogens with zero attached hydrogens (tertiary/aromatic N) is 1. The molecule has 0 spiro atoms. The van der Waals surface area contributed by atoms with E-state index in [0.717, 1.165) is 0 Å². The first-order valence-electron chi connectivity index (χ1n) is 7.71. The van der Waals surface area contributed by atoms with Gasteiger partial charge in [-0.15, -0.1) is 0 Å². The van der Waals surface area contributed by atoms with Gasteiger partial charge in [-0.25, -0.2) is 4.79 Å². The normalized spacial score (nSPS) is 11.3. The second-order valence-corrected chi connectivity index (χ2v) is 5.38. The van der Waals surface area contributed by atoms with Gasteiger partial charge < -0.3 is 14.8 Å². The SMILES string of the molecule is COC(=O)[C@@H](Cc1ccc(OC)c([N+](=O)[O-])c1)NC(=O)c1ccccc1. The fourth-order valence-corrected chi connectivity index (χ4v) is 2.41. The van der Waals surface area contributed by atoms with Crippen LogP contribution < -0.4 is 10.1 Å². The number of nitro benzene ring substituents is 1. The van der Waals surface area contributed by atoms with Crippen LogP contribution in [0.5, 0.6) is 5.75 Å². The topological polar surface area (TPSA) is 108 Å². The third kappa shape index (κ3) is 4.56. The van der Waals surface area contributed by atoms with E-state index in [9.17, 15) is 19.7 Å². The zero-order chi connectivity index (χ0) is 19.1. The lowest BCUT2D eigenvalue weighted by Gasteiger charge is -2.17. The van der Waals surface area contributed by atoms with Crippen molar-refractivity contribution in [3.05, 3.63) is 69.8 Å². The summed E-state index contributed by atoms with van der Waals surface area (Å²) in [5.74, 6) is -0.974. The molecule has 0 radical (unpaired) electrons. The minimum atomic E-state index is -0.985. The molecule has 2 rings (SSSR count). The van der Waals surface area contributed by atoms with Crippen LogP contribution >= 0.6 is 0 Å². The highest BCUT2D eigenvalue weighted by Gasteiger charge is 2.24. The Morgan fingerprint density at radius 2 is 1.85 bits per heavy atom. The quantitative estimate of drug-likeness (QED) is 0.461. The van der Waals surface area contributed by atoms with Gasteiger partial charge in [0, 0.05) is 18.1 Å². The lowest BCUT2D eigenvalue weighted by atomic mass is 10.0. The molecule has 0 aliphatic carbocycles. The Balaban J connectivity index is 2.23. The predicted octanol–water partition coefficient (Wildman–Crippen LogP) is 2.12. The summed E-state index contributed by atoms with van der Waals surface area (Å²) < 4.78 is 9.69. The van der Waals surface area contributed by atoms with E-state index in [1.165, 1.54) is 26.4 Å². The lowest BCUT2D eigenvalue weighted by Crippen LogP contribution is -2.43. The van der Waals surface area contributed by atoms with Crippen molar-refractivity contribution in [2.45, 2.75) is 12.5 Å². The summed E-state index contributed by atoms with van der Waals surface area (Å²) in [6.45, 7) is 0. The molecule has 8 nitrogen and oxygen atoms in total. The molecular weight excluding hydrogens is 340 g/mol. The highest BCUT2D eigenvalue weighted by molar-refractivity contribution is 5.96. The summed E-state index contributed by atoms with van der Waals surface area (Å²) in [7, 11) is 2.54. The van der Waals surface area contributed by atoms with Crippen molar-refractivity contribution >= 4 is 17.6 Å². The van der Waals surface area contributed by atoms with Gasteiger partial charge in [-0.1, -0.05) is 24.3 Å². The van der Waals surface area contributed by atoms with Crippen molar-refractivity contribution in [3.8, 4) is 5.75 Å². The Labute approximate surface area is 149 Å². The van der Waals surface area contributed by atoms with Crippen LogP contribution in [0, 0.1) is 10.1 Å². The van der Waals surface area contributed by atoms with Crippen LogP contribution in [0.25, 0.3) is 0 Å². The number of rotatable bonds is 7. The maximum absolute atomic E-state index is 12.3. The molecule has 2 aromatic carbocycles. The first-order valence-corrected chi connectivity index (χ1v) is 7.71. The van der Waals surface area contributed by atoms with Crippen molar-refractivity contribution in [3.63, 3.8) is 0 Å². The molecule has 1 amide bonds. The van der Waals surface area contributed by atoms with E-state index in [1.54, 1.807) is 36.4 Å². The molecular formula is C18H18N2O6. The van der Waals surface area contributed by atoms with Gasteiger partial charge in [0.05, 0.1) is 19.1 Å². The molecule has 26 heavy (non-hydrogen) atoms. The van der Waals surface area contributed by atoms with Crippen LogP contribution in [-0.4, -0.2) is 37.1 Å². The number of carbonyl (C=O) groups is 2. The molecule has 8 heteroatoms. The van der Waals surface area contributed by atoms with Crippen LogP contribution in [0.3, 0.4) is 0 Å². The van der Waals surface area contributed by atoms with Crippen molar-refractivity contribution in [2.24, 2.45) is 0 Å². The average molecular weight is 358 g/mol. The van der Waals surface area contributed by atoms with Gasteiger partial charge in [-0.3, -0.25) is 14.9 Å². The summed E-state index contributed by atoms with van der Waals surface area (Å²) in [6, 6.07) is 11.8. The van der Waals surface area contributed by atoms with Crippen molar-refractivity contribution in [2.75, 3.05) is 14.2 Å². The van der Waals surface area contributed by atoms with Crippen molar-refractivity contribution in [1.29, 1.82) is 0 Å². The molecule has 0 aliphatic heterocycles. The first kappa shape index (κ1) is 18.9. The molecule has 1 atom stereocenters. The van der Waals surface area contributed by atoms with Gasteiger partial charge in [-0.05, 0) is 23.8 Å². The third-order valence-electron chi connectivity index (χ3n) is 3.71. The molecule has 0 saturated heterocycles. The number of hydrogen-bond acceptors (Lipinski definition) is 6. The van der Waals surface area contributed by atoms with E-state index in [-0.39, 0.29) is 17.9 Å². The summed E-state index contributed by atoms with van der Waals surface area (Å²) in [5, 5.41) is 13.7. The number of amides is 1. The Hall–Kier alpha value is -3.42. The second-order valence-electron chi connectivity index (χ2n) is 5.38. The van der Waals surface area contributed by atoms with Crippen molar-refractivity contribution in [1.82, 2.24) is 5.32 Å². The molecule has 0 saturated carbocycles. The van der Waals surface area contributed by atoms with Crippen LogP contribution in [0.15, 0.2) is 48.5 Å². The van der Waals surface area contributed by atoms with Gasteiger partial charge in [-0.2, -0.15) is 0 Å². The van der Waals surface area contributed by atoms with E-state index in [4.69, 9.17) is 9.47 Å². The Kier molecular flexibility index (Phi) is 6.26. The molecule has 136 valence electrons. The average Bonchev–Trinajstić information content (AvgIpc) is 2.67. The zero-order valence-corrected chi connectivity index (χ0v) is 14.3. The van der Waals surface area contributed by atoms with Gasteiger partial charge in [0.25, 0.3) is 5.91 Å². The maximum Gasteiger partial charge on any atom is 0.328 e. The van der Waals surface area contributed by atoms with E-state index in [1.807, 2.05) is 0 Å². The summed E-state index contributed by atoms with van der Waals surface area (Å²) in [5.41, 5.74) is 0.659. The highest BCUT2D eigenvalue weighted by Crippen LogP contribution is 2.28. The minimum Gasteiger partial charge on any atom is -0.490 e. The minimum absolute atomic E-state index is 0.0378. The summed E-state index contributed by atoms with van der Waals surface area (Å²) in [4.78, 5) is 34.9. The molecule has 0 unspecified atom stereocenters. The molecule has 0 bridgehead atoms. The van der Waals surface area contributed by atoms with E-state index >= 15 is 0 Å². The van der Waals surface area contributed by atoms with Crippen molar-refractivity contribution < 1.29 is 24.0 Å². The van der Waals surface area contributed by atoms with Gasteiger partial charge in [0.2, 0.25) is 0 Å². The van der Waals surface area contributed by atoms with Gasteiger partial charge >= 0.3 is 11.7 Å². The number of methoxy groups -OCH3 is 2. The van der Waals surface area contributed by atoms with E-state index in [2.05, 4.69) is 5.32 Å². The predicted molar refractivity (Wildman–Crippen MR) is 93.1 cm³/mol. The standard InChI is InChI=1S/C18H18N2O6/c1-25-16-9-8-12(11-15(16)20(23)24)10-14(18(22)26-2)19-17(21)13-6-4-3-5-7-13/h3-9,11,14H,10H2,1-2H3,(H,19,21)/t14-/m1/s1. The van der Waals surface area contributed by atoms with Gasteiger partial charge in [0.15, 0.2) is 5.75 Å². The fourth-order valence-electron chi connectivity index (χ4n) is 2.41. The number of esters is 1. The van der Waals surface area contributed by atoms with E-state index in [0.29, 0.717) is 11.1 Å². The molecule has 0 aliphatic rings. The lowest BCUT2D eigenvalue weighted by molar-refractivity contribution is -0.385. The number of ether oxygens (including phenoxy) is 2. The van der Waals surface area contributed by atoms with Gasteiger partial charge in [0.1, 0.15) is 6.04 Å². The maximum atomic E-state index is 12.3. The Morgan fingerprint density at radius 3 is 2.42 bits per heavy atom. The molecule has 1 N–H and O–H groups in total. The monoisotopic (exact) mass is 358 g/mol. The van der Waals surface area contributed by atoms with E-state index < -0.39 is 22.8 Å². The fraction of sp³-hybridized carbons (Fsp3) is 0.222. The van der Waals surface area contributed by atoms with Crippen LogP contribution in [0.4, 0.5) is 5.69 Å². The smallest absolute Gasteiger partial charge is 0.328 e. The Morgan fingerprint density at radius 1 is 1.15 bits per heavy atom. The zero-order valence-electron chi connectivity index (χ0n) is 14.3. The third-order valence-corrected chi connectivity index (χ3v) is 3.71. The Bertz CT molecular complexity index is 807. The molecule has 0 aromatic heterocycles. The summed E-state index contributed by atoms with van der Waals surface area (Å²) in [6.07, 6.45) is 0.0378. The summed E-state index contributed by atoms with van der Waals surface area (Å²) >= 11 is 0. The molecule has 0 fully saturated rings. The highest BCUT2D eigenvalue weighted by atomic mass is 16.6. The largest absolute Gasteiger partial charge is 0.490 e. The van der Waals surface area contributed by atoms with Crippen LogP contribution in [0.2, 0.25) is 0 Å². The number of nitrogens with one attached hydrogen (secondary N) is 1. The number of nitro groups is 1. The molecule has 0 heterocycles. The molecule has 2 aromatic rings. The second kappa shape index (κ2) is 8.61. The number of carbonyl (C=O) groups excluding carboxylic acids is 2. The number of benzene rings is 2.